The van der Waals surface area contributed by atoms with E-state index in [0.717, 1.165) is 15.6 Å². The topological polar surface area (TPSA) is 55.4 Å². The van der Waals surface area contributed by atoms with Gasteiger partial charge in [0.1, 0.15) is 10.6 Å². The van der Waals surface area contributed by atoms with E-state index in [1.807, 2.05) is 43.3 Å². The van der Waals surface area contributed by atoms with Gasteiger partial charge in [0.2, 0.25) is 0 Å². The number of thiophene rings is 1. The lowest BCUT2D eigenvalue weighted by Gasteiger charge is -2.06. The van der Waals surface area contributed by atoms with Crippen molar-refractivity contribution in [2.75, 3.05) is 12.4 Å². The molecular formula is C18H15NO3S. The van der Waals surface area contributed by atoms with Gasteiger partial charge in [-0.05, 0) is 25.1 Å². The van der Waals surface area contributed by atoms with E-state index in [1.165, 1.54) is 18.4 Å². The maximum absolute atomic E-state index is 12.4. The molecule has 5 heteroatoms. The van der Waals surface area contributed by atoms with Gasteiger partial charge in [-0.1, -0.05) is 35.9 Å². The second-order valence-electron chi connectivity index (χ2n) is 5.12. The first-order valence-corrected chi connectivity index (χ1v) is 7.89. The van der Waals surface area contributed by atoms with Gasteiger partial charge >= 0.3 is 5.97 Å². The van der Waals surface area contributed by atoms with E-state index in [4.69, 9.17) is 4.74 Å². The number of carbonyl (C=O) groups is 2. The minimum absolute atomic E-state index is 0.245. The highest BCUT2D eigenvalue weighted by Gasteiger charge is 2.21. The van der Waals surface area contributed by atoms with Crippen LogP contribution in [0.4, 0.5) is 5.00 Å². The highest BCUT2D eigenvalue weighted by Crippen LogP contribution is 2.36. The highest BCUT2D eigenvalue weighted by molar-refractivity contribution is 7.23. The van der Waals surface area contributed by atoms with Crippen LogP contribution < -0.4 is 5.32 Å². The summed E-state index contributed by atoms with van der Waals surface area (Å²) in [6.45, 7) is 1.93. The Hall–Kier alpha value is -2.66. The molecule has 0 saturated heterocycles. The first-order chi connectivity index (χ1) is 11.1. The van der Waals surface area contributed by atoms with Gasteiger partial charge < -0.3 is 10.1 Å². The Morgan fingerprint density at radius 1 is 1.09 bits per heavy atom. The van der Waals surface area contributed by atoms with Crippen LogP contribution in [-0.4, -0.2) is 19.0 Å². The second-order valence-corrected chi connectivity index (χ2v) is 6.17. The van der Waals surface area contributed by atoms with Gasteiger partial charge in [0.15, 0.2) is 0 Å². The molecule has 0 radical (unpaired) electrons. The molecule has 1 amide bonds. The van der Waals surface area contributed by atoms with Crippen molar-refractivity contribution in [3.05, 3.63) is 65.2 Å². The number of ether oxygens (including phenoxy) is 1. The normalized spacial score (nSPS) is 10.5. The molecule has 1 heterocycles. The zero-order valence-corrected chi connectivity index (χ0v) is 13.6. The summed E-state index contributed by atoms with van der Waals surface area (Å²) in [6.07, 6.45) is 0. The number of methoxy groups -OCH3 is 1. The lowest BCUT2D eigenvalue weighted by Crippen LogP contribution is -2.14. The molecular weight excluding hydrogens is 310 g/mol. The first-order valence-electron chi connectivity index (χ1n) is 7.08. The molecule has 1 N–H and O–H groups in total. The number of fused-ring (bicyclic) bond motifs is 1. The Balaban J connectivity index is 2.02. The third-order valence-corrected chi connectivity index (χ3v) is 4.58. The van der Waals surface area contributed by atoms with E-state index in [2.05, 4.69) is 5.32 Å². The van der Waals surface area contributed by atoms with Crippen LogP contribution in [-0.2, 0) is 4.74 Å². The van der Waals surface area contributed by atoms with Crippen molar-refractivity contribution < 1.29 is 14.3 Å². The van der Waals surface area contributed by atoms with Crippen LogP contribution in [0.15, 0.2) is 48.5 Å². The standard InChI is InChI=1S/C18H15NO3S/c1-11-6-5-7-12(10-11)16(20)19-17-15(18(21)22-2)13-8-3-4-9-14(13)23-17/h3-10H,1-2H3,(H,19,20). The first kappa shape index (κ1) is 15.2. The smallest absolute Gasteiger partial charge is 0.341 e. The van der Waals surface area contributed by atoms with Crippen LogP contribution in [0, 0.1) is 6.92 Å². The van der Waals surface area contributed by atoms with Gasteiger partial charge in [0.25, 0.3) is 5.91 Å². The van der Waals surface area contributed by atoms with Crippen molar-refractivity contribution in [2.24, 2.45) is 0 Å². The zero-order valence-electron chi connectivity index (χ0n) is 12.8. The fourth-order valence-electron chi connectivity index (χ4n) is 2.40. The molecule has 0 aliphatic carbocycles. The molecule has 0 aliphatic heterocycles. The average Bonchev–Trinajstić information content (AvgIpc) is 2.92. The molecule has 3 rings (SSSR count). The van der Waals surface area contributed by atoms with Crippen molar-refractivity contribution >= 4 is 38.3 Å². The van der Waals surface area contributed by atoms with Crippen molar-refractivity contribution in [3.63, 3.8) is 0 Å². The van der Waals surface area contributed by atoms with E-state index in [0.29, 0.717) is 16.1 Å². The maximum Gasteiger partial charge on any atom is 0.341 e. The number of hydrogen-bond donors (Lipinski definition) is 1. The molecule has 2 aromatic carbocycles. The second kappa shape index (κ2) is 6.22. The van der Waals surface area contributed by atoms with E-state index < -0.39 is 5.97 Å². The fourth-order valence-corrected chi connectivity index (χ4v) is 3.49. The number of amides is 1. The molecule has 0 aliphatic rings. The number of rotatable bonds is 3. The summed E-state index contributed by atoms with van der Waals surface area (Å²) in [4.78, 5) is 24.6. The largest absolute Gasteiger partial charge is 0.465 e. The molecule has 3 aromatic rings. The Bertz CT molecular complexity index is 898. The quantitative estimate of drug-likeness (QED) is 0.733. The minimum atomic E-state index is -0.456. The number of benzene rings is 2. The predicted octanol–water partition coefficient (Wildman–Crippen LogP) is 4.25. The summed E-state index contributed by atoms with van der Waals surface area (Å²) in [5.74, 6) is -0.701. The van der Waals surface area contributed by atoms with Crippen molar-refractivity contribution in [1.29, 1.82) is 0 Å². The molecule has 116 valence electrons. The van der Waals surface area contributed by atoms with Gasteiger partial charge in [-0.2, -0.15) is 0 Å². The number of esters is 1. The van der Waals surface area contributed by atoms with Gasteiger partial charge in [-0.15, -0.1) is 11.3 Å². The van der Waals surface area contributed by atoms with Crippen LogP contribution in [0.25, 0.3) is 10.1 Å². The average molecular weight is 325 g/mol. The fraction of sp³-hybridized carbons (Fsp3) is 0.111. The lowest BCUT2D eigenvalue weighted by atomic mass is 10.1. The molecule has 1 aromatic heterocycles. The summed E-state index contributed by atoms with van der Waals surface area (Å²) in [6, 6.07) is 14.8. The van der Waals surface area contributed by atoms with Gasteiger partial charge in [0.05, 0.1) is 7.11 Å². The molecule has 0 atom stereocenters. The summed E-state index contributed by atoms with van der Waals surface area (Å²) in [5, 5.41) is 4.12. The van der Waals surface area contributed by atoms with Crippen LogP contribution >= 0.6 is 11.3 Å². The lowest BCUT2D eigenvalue weighted by molar-refractivity contribution is 0.0604. The number of aryl methyl sites for hydroxylation is 1. The summed E-state index contributed by atoms with van der Waals surface area (Å²) < 4.78 is 5.79. The SMILES string of the molecule is COC(=O)c1c(NC(=O)c2cccc(C)c2)sc2ccccc12. The molecule has 4 nitrogen and oxygen atoms in total. The van der Waals surface area contributed by atoms with Crippen LogP contribution in [0.5, 0.6) is 0 Å². The Morgan fingerprint density at radius 3 is 2.61 bits per heavy atom. The number of carbonyl (C=O) groups excluding carboxylic acids is 2. The number of nitrogens with one attached hydrogen (secondary N) is 1. The van der Waals surface area contributed by atoms with Crippen molar-refractivity contribution in [1.82, 2.24) is 0 Å². The van der Waals surface area contributed by atoms with E-state index in [1.54, 1.807) is 12.1 Å². The monoisotopic (exact) mass is 325 g/mol. The van der Waals surface area contributed by atoms with Gasteiger partial charge in [-0.3, -0.25) is 4.79 Å². The van der Waals surface area contributed by atoms with Crippen LogP contribution in [0.2, 0.25) is 0 Å². The summed E-state index contributed by atoms with van der Waals surface area (Å²) >= 11 is 1.36. The molecule has 0 bridgehead atoms. The van der Waals surface area contributed by atoms with E-state index in [9.17, 15) is 9.59 Å². The molecule has 0 saturated carbocycles. The Kier molecular flexibility index (Phi) is 4.12. The molecule has 0 unspecified atom stereocenters. The Morgan fingerprint density at radius 2 is 1.87 bits per heavy atom. The predicted molar refractivity (Wildman–Crippen MR) is 92.3 cm³/mol. The van der Waals surface area contributed by atoms with Gasteiger partial charge in [-0.25, -0.2) is 4.79 Å². The van der Waals surface area contributed by atoms with Gasteiger partial charge in [0, 0.05) is 15.6 Å². The van der Waals surface area contributed by atoms with Crippen LogP contribution in [0.1, 0.15) is 26.3 Å². The molecule has 23 heavy (non-hydrogen) atoms. The van der Waals surface area contributed by atoms with E-state index >= 15 is 0 Å². The molecule has 0 fully saturated rings. The number of anilines is 1. The number of hydrogen-bond acceptors (Lipinski definition) is 4. The van der Waals surface area contributed by atoms with Crippen LogP contribution in [0.3, 0.4) is 0 Å². The minimum Gasteiger partial charge on any atom is -0.465 e. The molecule has 0 spiro atoms. The maximum atomic E-state index is 12.4. The summed E-state index contributed by atoms with van der Waals surface area (Å²) in [7, 11) is 1.33. The van der Waals surface area contributed by atoms with Crippen molar-refractivity contribution in [2.45, 2.75) is 6.92 Å². The van der Waals surface area contributed by atoms with Crippen molar-refractivity contribution in [3.8, 4) is 0 Å². The van der Waals surface area contributed by atoms with E-state index in [-0.39, 0.29) is 5.91 Å². The third kappa shape index (κ3) is 2.96. The Labute approximate surface area is 137 Å². The third-order valence-electron chi connectivity index (χ3n) is 3.49. The summed E-state index contributed by atoms with van der Waals surface area (Å²) in [5.41, 5.74) is 1.95. The highest BCUT2D eigenvalue weighted by atomic mass is 32.1. The zero-order chi connectivity index (χ0) is 16.4.